The minimum atomic E-state index is -1.39. The number of halogens is 1. The van der Waals surface area contributed by atoms with E-state index in [2.05, 4.69) is 0 Å². The van der Waals surface area contributed by atoms with Crippen LogP contribution >= 0.6 is 11.6 Å². The molecule has 2 rings (SSSR count). The van der Waals surface area contributed by atoms with Gasteiger partial charge in [0.25, 0.3) is 0 Å². The molecule has 0 bridgehead atoms. The van der Waals surface area contributed by atoms with E-state index in [-0.39, 0.29) is 40.3 Å². The summed E-state index contributed by atoms with van der Waals surface area (Å²) < 4.78 is 1.43. The summed E-state index contributed by atoms with van der Waals surface area (Å²) in [4.78, 5) is 23.4. The second-order valence-electron chi connectivity index (χ2n) is 5.96. The molecule has 0 unspecified atom stereocenters. The van der Waals surface area contributed by atoms with Crippen molar-refractivity contribution in [2.75, 3.05) is 6.61 Å². The van der Waals surface area contributed by atoms with Crippen LogP contribution in [0.5, 0.6) is 11.5 Å². The minimum absolute atomic E-state index is 0.0424. The second kappa shape index (κ2) is 7.16. The fourth-order valence-corrected chi connectivity index (χ4v) is 2.74. The lowest BCUT2D eigenvalue weighted by Crippen LogP contribution is -2.25. The molecule has 0 saturated heterocycles. The third-order valence-corrected chi connectivity index (χ3v) is 4.27. The van der Waals surface area contributed by atoms with E-state index in [4.69, 9.17) is 11.6 Å². The Bertz CT molecular complexity index is 874. The van der Waals surface area contributed by atoms with Gasteiger partial charge < -0.3 is 25.0 Å². The van der Waals surface area contributed by atoms with Gasteiger partial charge in [0, 0.05) is 23.9 Å². The Hall–Kier alpha value is -2.51. The van der Waals surface area contributed by atoms with Crippen LogP contribution in [0, 0.1) is 5.92 Å². The molecule has 134 valence electrons. The van der Waals surface area contributed by atoms with E-state index in [0.717, 1.165) is 18.3 Å². The molecule has 1 aromatic heterocycles. The molecule has 4 N–H and O–H groups in total. The van der Waals surface area contributed by atoms with Crippen LogP contribution in [0.25, 0.3) is 11.3 Å². The minimum Gasteiger partial charge on any atom is -0.507 e. The number of carbonyl (C=O) groups is 1. The highest BCUT2D eigenvalue weighted by atomic mass is 35.5. The van der Waals surface area contributed by atoms with Crippen molar-refractivity contribution in [3.05, 3.63) is 45.2 Å². The van der Waals surface area contributed by atoms with Crippen molar-refractivity contribution in [2.24, 2.45) is 5.92 Å². The average molecular weight is 368 g/mol. The predicted molar refractivity (Wildman–Crippen MR) is 92.4 cm³/mol. The first-order chi connectivity index (χ1) is 11.7. The van der Waals surface area contributed by atoms with Gasteiger partial charge >= 0.3 is 5.97 Å². The molecule has 0 aliphatic heterocycles. The van der Waals surface area contributed by atoms with Crippen molar-refractivity contribution in [1.82, 2.24) is 4.57 Å². The van der Waals surface area contributed by atoms with Gasteiger partial charge in [-0.15, -0.1) is 0 Å². The van der Waals surface area contributed by atoms with E-state index in [1.165, 1.54) is 10.6 Å². The maximum absolute atomic E-state index is 12.1. The molecule has 0 radical (unpaired) electrons. The third-order valence-electron chi connectivity index (χ3n) is 3.97. The van der Waals surface area contributed by atoms with Gasteiger partial charge in [0.1, 0.15) is 17.1 Å². The number of aromatic carboxylic acids is 1. The number of benzene rings is 1. The van der Waals surface area contributed by atoms with E-state index < -0.39 is 23.0 Å². The lowest BCUT2D eigenvalue weighted by molar-refractivity contribution is 0.0693. The number of rotatable bonds is 5. The van der Waals surface area contributed by atoms with Crippen molar-refractivity contribution in [3.63, 3.8) is 0 Å². The number of hydrogen-bond acceptors (Lipinski definition) is 5. The van der Waals surface area contributed by atoms with Crippen LogP contribution in [0.3, 0.4) is 0 Å². The smallest absolute Gasteiger partial charge is 0.341 e. The van der Waals surface area contributed by atoms with Crippen LogP contribution in [-0.4, -0.2) is 37.6 Å². The number of pyridine rings is 1. The number of aliphatic hydroxyl groups is 1. The summed E-state index contributed by atoms with van der Waals surface area (Å²) in [5.74, 6) is -2.15. The summed E-state index contributed by atoms with van der Waals surface area (Å²) in [6, 6.07) is 2.82. The molecule has 1 aromatic carbocycles. The monoisotopic (exact) mass is 367 g/mol. The summed E-state index contributed by atoms with van der Waals surface area (Å²) in [5, 5.41) is 38.6. The van der Waals surface area contributed by atoms with Gasteiger partial charge in [-0.2, -0.15) is 0 Å². The van der Waals surface area contributed by atoms with Crippen molar-refractivity contribution in [2.45, 2.75) is 19.9 Å². The fraction of sp³-hybridized carbons (Fsp3) is 0.294. The molecule has 0 aliphatic rings. The molecule has 0 saturated carbocycles. The number of aliphatic hydroxyl groups excluding tert-OH is 1. The van der Waals surface area contributed by atoms with Gasteiger partial charge in [0.15, 0.2) is 5.43 Å². The first kappa shape index (κ1) is 18.8. The molecule has 0 spiro atoms. The van der Waals surface area contributed by atoms with Gasteiger partial charge in [0.05, 0.1) is 23.4 Å². The van der Waals surface area contributed by atoms with E-state index in [1.54, 1.807) is 0 Å². The number of aromatic hydroxyl groups is 2. The number of carboxylic acids is 1. The SMILES string of the molecule is CC(C)[C@H](CO)n1cc(C(=O)O)c(=O)cc1-c1cc(Cl)c(O)cc1O. The lowest BCUT2D eigenvalue weighted by Gasteiger charge is -2.26. The lowest BCUT2D eigenvalue weighted by atomic mass is 10.0. The summed E-state index contributed by atoms with van der Waals surface area (Å²) in [6.07, 6.45) is 1.14. The largest absolute Gasteiger partial charge is 0.507 e. The Morgan fingerprint density at radius 2 is 1.84 bits per heavy atom. The molecule has 0 aliphatic carbocycles. The van der Waals surface area contributed by atoms with Crippen molar-refractivity contribution in [1.29, 1.82) is 0 Å². The standard InChI is InChI=1S/C17H18ClNO6/c1-8(2)13(7-20)19-6-10(17(24)25)14(21)4-12(19)9-3-11(18)16(23)5-15(9)22/h3-6,8,13,20,22-23H,7H2,1-2H3,(H,24,25)/t13-/m0/s1. The quantitative estimate of drug-likeness (QED) is 0.644. The number of phenolic OH excluding ortho intramolecular Hbond substituents is 2. The van der Waals surface area contributed by atoms with Crippen LogP contribution in [0.15, 0.2) is 29.2 Å². The fourth-order valence-electron chi connectivity index (χ4n) is 2.58. The van der Waals surface area contributed by atoms with Crippen LogP contribution < -0.4 is 5.43 Å². The maximum atomic E-state index is 12.1. The molecule has 0 amide bonds. The van der Waals surface area contributed by atoms with Crippen molar-refractivity contribution >= 4 is 17.6 Å². The first-order valence-corrected chi connectivity index (χ1v) is 7.87. The summed E-state index contributed by atoms with van der Waals surface area (Å²) in [6.45, 7) is 3.35. The topological polar surface area (TPSA) is 120 Å². The number of aromatic nitrogens is 1. The van der Waals surface area contributed by atoms with Gasteiger partial charge in [-0.1, -0.05) is 25.4 Å². The Morgan fingerprint density at radius 1 is 1.20 bits per heavy atom. The maximum Gasteiger partial charge on any atom is 0.341 e. The molecule has 7 nitrogen and oxygen atoms in total. The molecule has 1 heterocycles. The van der Waals surface area contributed by atoms with Crippen LogP contribution in [0.4, 0.5) is 0 Å². The normalized spacial score (nSPS) is 12.4. The zero-order valence-corrected chi connectivity index (χ0v) is 14.4. The van der Waals surface area contributed by atoms with Crippen LogP contribution in [0.1, 0.15) is 30.2 Å². The second-order valence-corrected chi connectivity index (χ2v) is 6.37. The van der Waals surface area contributed by atoms with E-state index >= 15 is 0 Å². The molecule has 2 aromatic rings. The van der Waals surface area contributed by atoms with Gasteiger partial charge in [0.2, 0.25) is 0 Å². The predicted octanol–water partition coefficient (Wildman–Crippen LogP) is 2.47. The van der Waals surface area contributed by atoms with E-state index in [0.29, 0.717) is 0 Å². The molecular weight excluding hydrogens is 350 g/mol. The zero-order valence-electron chi connectivity index (χ0n) is 13.6. The Balaban J connectivity index is 2.85. The molecule has 0 fully saturated rings. The van der Waals surface area contributed by atoms with Crippen molar-refractivity contribution in [3.8, 4) is 22.8 Å². The number of hydrogen-bond donors (Lipinski definition) is 4. The summed E-state index contributed by atoms with van der Waals surface area (Å²) in [7, 11) is 0. The van der Waals surface area contributed by atoms with Crippen LogP contribution in [0.2, 0.25) is 5.02 Å². The molecular formula is C17H18ClNO6. The van der Waals surface area contributed by atoms with E-state index in [1.807, 2.05) is 13.8 Å². The van der Waals surface area contributed by atoms with E-state index in [9.17, 15) is 30.0 Å². The molecule has 1 atom stereocenters. The third kappa shape index (κ3) is 3.62. The zero-order chi connectivity index (χ0) is 18.9. The highest BCUT2D eigenvalue weighted by molar-refractivity contribution is 6.32. The Kier molecular flexibility index (Phi) is 5.39. The Morgan fingerprint density at radius 3 is 2.36 bits per heavy atom. The summed E-state index contributed by atoms with van der Waals surface area (Å²) in [5.41, 5.74) is -0.881. The highest BCUT2D eigenvalue weighted by Crippen LogP contribution is 2.38. The van der Waals surface area contributed by atoms with Gasteiger partial charge in [-0.05, 0) is 12.0 Å². The van der Waals surface area contributed by atoms with Gasteiger partial charge in [-0.3, -0.25) is 4.79 Å². The van der Waals surface area contributed by atoms with Crippen LogP contribution in [-0.2, 0) is 0 Å². The highest BCUT2D eigenvalue weighted by Gasteiger charge is 2.23. The molecule has 25 heavy (non-hydrogen) atoms. The number of nitrogens with zero attached hydrogens (tertiary/aromatic N) is 1. The Labute approximate surface area is 148 Å². The molecule has 8 heteroatoms. The van der Waals surface area contributed by atoms with Gasteiger partial charge in [-0.25, -0.2) is 4.79 Å². The summed E-state index contributed by atoms with van der Waals surface area (Å²) >= 11 is 5.89. The first-order valence-electron chi connectivity index (χ1n) is 7.49. The average Bonchev–Trinajstić information content (AvgIpc) is 2.52. The number of phenols is 2. The number of carboxylic acid groups (broad SMARTS) is 1. The van der Waals surface area contributed by atoms with Crippen molar-refractivity contribution < 1.29 is 25.2 Å².